The first-order valence-electron chi connectivity index (χ1n) is 8.25. The molecule has 3 aromatic carbocycles. The molecule has 0 spiro atoms. The number of aromatic carboxylic acids is 1. The van der Waals surface area contributed by atoms with Crippen LogP contribution < -0.4 is 10.1 Å². The highest BCUT2D eigenvalue weighted by atomic mass is 35.5. The zero-order valence-corrected chi connectivity index (χ0v) is 15.8. The smallest absolute Gasteiger partial charge is 0.337 e. The summed E-state index contributed by atoms with van der Waals surface area (Å²) in [4.78, 5) is 11.0. The predicted octanol–water partition coefficient (Wildman–Crippen LogP) is 5.88. The molecule has 138 valence electrons. The lowest BCUT2D eigenvalue weighted by Crippen LogP contribution is -2.04. The Morgan fingerprint density at radius 3 is 2.44 bits per heavy atom. The average Bonchev–Trinajstić information content (AvgIpc) is 2.66. The third-order valence-electron chi connectivity index (χ3n) is 3.96. The molecule has 0 aliphatic heterocycles. The molecule has 3 aromatic rings. The van der Waals surface area contributed by atoms with Gasteiger partial charge in [-0.1, -0.05) is 53.5 Å². The first-order chi connectivity index (χ1) is 13.0. The van der Waals surface area contributed by atoms with Crippen LogP contribution in [-0.2, 0) is 13.2 Å². The molecule has 3 rings (SSSR count). The molecule has 27 heavy (non-hydrogen) atoms. The van der Waals surface area contributed by atoms with E-state index in [1.807, 2.05) is 48.5 Å². The minimum absolute atomic E-state index is 0.0777. The van der Waals surface area contributed by atoms with E-state index in [0.29, 0.717) is 18.2 Å². The normalized spacial score (nSPS) is 10.4. The molecule has 0 heterocycles. The largest absolute Gasteiger partial charge is 0.489 e. The second kappa shape index (κ2) is 8.80. The van der Waals surface area contributed by atoms with Gasteiger partial charge in [0.2, 0.25) is 0 Å². The van der Waals surface area contributed by atoms with Gasteiger partial charge in [-0.15, -0.1) is 0 Å². The summed E-state index contributed by atoms with van der Waals surface area (Å²) in [5.74, 6) is -0.277. The van der Waals surface area contributed by atoms with Gasteiger partial charge in [-0.2, -0.15) is 0 Å². The highest BCUT2D eigenvalue weighted by Gasteiger charge is 2.09. The van der Waals surface area contributed by atoms with Crippen molar-refractivity contribution < 1.29 is 14.6 Å². The number of hydrogen-bond donors (Lipinski definition) is 2. The maximum absolute atomic E-state index is 11.0. The molecule has 0 bridgehead atoms. The van der Waals surface area contributed by atoms with Gasteiger partial charge in [0.1, 0.15) is 12.4 Å². The van der Waals surface area contributed by atoms with E-state index in [4.69, 9.17) is 33.0 Å². The number of carbonyl (C=O) groups is 1. The van der Waals surface area contributed by atoms with Crippen LogP contribution in [0.1, 0.15) is 21.5 Å². The van der Waals surface area contributed by atoms with Gasteiger partial charge in [0.25, 0.3) is 0 Å². The number of nitrogens with one attached hydrogen (secondary N) is 1. The second-order valence-electron chi connectivity index (χ2n) is 5.88. The van der Waals surface area contributed by atoms with Gasteiger partial charge in [-0.25, -0.2) is 4.79 Å². The molecule has 6 heteroatoms. The van der Waals surface area contributed by atoms with Crippen molar-refractivity contribution in [3.05, 3.63) is 93.5 Å². The molecule has 4 nitrogen and oxygen atoms in total. The Kier molecular flexibility index (Phi) is 6.22. The molecule has 2 N–H and O–H groups in total. The first-order valence-corrected chi connectivity index (χ1v) is 9.00. The second-order valence-corrected chi connectivity index (χ2v) is 6.72. The van der Waals surface area contributed by atoms with E-state index in [0.717, 1.165) is 22.6 Å². The molecule has 0 amide bonds. The Morgan fingerprint density at radius 2 is 1.74 bits per heavy atom. The van der Waals surface area contributed by atoms with Crippen LogP contribution in [0.15, 0.2) is 66.7 Å². The number of anilines is 1. The van der Waals surface area contributed by atoms with Crippen molar-refractivity contribution in [3.63, 3.8) is 0 Å². The summed E-state index contributed by atoms with van der Waals surface area (Å²) in [5, 5.41) is 13.2. The van der Waals surface area contributed by atoms with Gasteiger partial charge < -0.3 is 15.2 Å². The summed E-state index contributed by atoms with van der Waals surface area (Å²) in [6.45, 7) is 0.951. The fraction of sp³-hybridized carbons (Fsp3) is 0.0952. The molecule has 0 saturated heterocycles. The van der Waals surface area contributed by atoms with Crippen LogP contribution in [0.2, 0.25) is 10.0 Å². The molecule has 0 aliphatic carbocycles. The molecule has 0 atom stereocenters. The number of para-hydroxylation sites is 1. The van der Waals surface area contributed by atoms with E-state index in [9.17, 15) is 4.79 Å². The average molecular weight is 402 g/mol. The monoisotopic (exact) mass is 401 g/mol. The number of hydrogen-bond acceptors (Lipinski definition) is 3. The van der Waals surface area contributed by atoms with E-state index in [1.165, 1.54) is 6.07 Å². The van der Waals surface area contributed by atoms with Gasteiger partial charge in [-0.05, 0) is 42.0 Å². The van der Waals surface area contributed by atoms with Crippen LogP contribution in [0.4, 0.5) is 5.69 Å². The maximum Gasteiger partial charge on any atom is 0.337 e. The van der Waals surface area contributed by atoms with Crippen LogP contribution in [0.25, 0.3) is 0 Å². The highest BCUT2D eigenvalue weighted by Crippen LogP contribution is 2.24. The van der Waals surface area contributed by atoms with Crippen molar-refractivity contribution in [3.8, 4) is 5.75 Å². The number of benzene rings is 3. The summed E-state index contributed by atoms with van der Waals surface area (Å²) in [6, 6.07) is 20.0. The number of halogens is 2. The lowest BCUT2D eigenvalue weighted by Gasteiger charge is -2.13. The summed E-state index contributed by atoms with van der Waals surface area (Å²) in [6.07, 6.45) is 0. The standard InChI is InChI=1S/C21H17Cl2NO3/c22-16-7-5-14(6-8-16)13-27-20-4-2-1-3-15(20)12-24-17-9-10-18(21(25)26)19(23)11-17/h1-11,24H,12-13H2,(H,25,26). The van der Waals surface area contributed by atoms with Crippen molar-refractivity contribution in [2.24, 2.45) is 0 Å². The van der Waals surface area contributed by atoms with E-state index in [2.05, 4.69) is 5.32 Å². The first kappa shape index (κ1) is 19.1. The molecular formula is C21H17Cl2NO3. The lowest BCUT2D eigenvalue weighted by atomic mass is 10.1. The molecule has 0 aliphatic rings. The van der Waals surface area contributed by atoms with Crippen LogP contribution in [-0.4, -0.2) is 11.1 Å². The Bertz CT molecular complexity index is 942. The number of rotatable bonds is 7. The van der Waals surface area contributed by atoms with Crippen LogP contribution in [0.3, 0.4) is 0 Å². The van der Waals surface area contributed by atoms with Crippen molar-refractivity contribution in [2.45, 2.75) is 13.2 Å². The molecule has 0 unspecified atom stereocenters. The molecule has 0 saturated carbocycles. The summed E-state index contributed by atoms with van der Waals surface area (Å²) < 4.78 is 5.94. The van der Waals surface area contributed by atoms with Gasteiger partial charge >= 0.3 is 5.97 Å². The Labute approximate surface area is 167 Å². The predicted molar refractivity (Wildman–Crippen MR) is 108 cm³/mol. The Balaban J connectivity index is 1.66. The number of carboxylic acids is 1. The minimum atomic E-state index is -1.05. The quantitative estimate of drug-likeness (QED) is 0.518. The van der Waals surface area contributed by atoms with Crippen LogP contribution in [0, 0.1) is 0 Å². The van der Waals surface area contributed by atoms with Crippen molar-refractivity contribution in [1.82, 2.24) is 0 Å². The van der Waals surface area contributed by atoms with Crippen LogP contribution in [0.5, 0.6) is 5.75 Å². The fourth-order valence-electron chi connectivity index (χ4n) is 2.53. The summed E-state index contributed by atoms with van der Waals surface area (Å²) >= 11 is 11.9. The number of ether oxygens (including phenoxy) is 1. The lowest BCUT2D eigenvalue weighted by molar-refractivity contribution is 0.0697. The van der Waals surface area contributed by atoms with Gasteiger partial charge in [0, 0.05) is 22.8 Å². The summed E-state index contributed by atoms with van der Waals surface area (Å²) in [5.41, 5.74) is 2.81. The topological polar surface area (TPSA) is 58.6 Å². The molecule has 0 aromatic heterocycles. The zero-order valence-electron chi connectivity index (χ0n) is 14.3. The fourth-order valence-corrected chi connectivity index (χ4v) is 2.92. The summed E-state index contributed by atoms with van der Waals surface area (Å²) in [7, 11) is 0. The molecular weight excluding hydrogens is 385 g/mol. The maximum atomic E-state index is 11.0. The van der Waals surface area contributed by atoms with Crippen molar-refractivity contribution in [2.75, 3.05) is 5.32 Å². The van der Waals surface area contributed by atoms with Gasteiger partial charge in [-0.3, -0.25) is 0 Å². The number of carboxylic acid groups (broad SMARTS) is 1. The third-order valence-corrected chi connectivity index (χ3v) is 4.53. The van der Waals surface area contributed by atoms with Crippen LogP contribution >= 0.6 is 23.2 Å². The van der Waals surface area contributed by atoms with E-state index < -0.39 is 5.97 Å². The minimum Gasteiger partial charge on any atom is -0.489 e. The van der Waals surface area contributed by atoms with Crippen molar-refractivity contribution >= 4 is 34.9 Å². The van der Waals surface area contributed by atoms with E-state index in [1.54, 1.807) is 12.1 Å². The molecule has 0 fully saturated rings. The van der Waals surface area contributed by atoms with E-state index in [-0.39, 0.29) is 10.6 Å². The highest BCUT2D eigenvalue weighted by molar-refractivity contribution is 6.33. The third kappa shape index (κ3) is 5.16. The zero-order chi connectivity index (χ0) is 19.2. The molecule has 0 radical (unpaired) electrons. The Morgan fingerprint density at radius 1 is 1.00 bits per heavy atom. The SMILES string of the molecule is O=C(O)c1ccc(NCc2ccccc2OCc2ccc(Cl)cc2)cc1Cl. The Hall–Kier alpha value is -2.69. The van der Waals surface area contributed by atoms with Crippen molar-refractivity contribution in [1.29, 1.82) is 0 Å². The van der Waals surface area contributed by atoms with Gasteiger partial charge in [0.15, 0.2) is 0 Å². The van der Waals surface area contributed by atoms with Gasteiger partial charge in [0.05, 0.1) is 10.6 Å². The van der Waals surface area contributed by atoms with E-state index >= 15 is 0 Å².